The fourth-order valence-corrected chi connectivity index (χ4v) is 1.55. The molecule has 0 bridgehead atoms. The Labute approximate surface area is 111 Å². The molecule has 0 amide bonds. The number of allylic oxidation sites excluding steroid dienone is 1. The highest BCUT2D eigenvalue weighted by Crippen LogP contribution is 2.35. The topological polar surface area (TPSA) is 70.8 Å². The molecular weight excluding hydrogens is 250 g/mol. The highest BCUT2D eigenvalue weighted by atomic mass is 16.6. The van der Waals surface area contributed by atoms with Crippen molar-refractivity contribution in [2.24, 2.45) is 0 Å². The van der Waals surface area contributed by atoms with E-state index in [-0.39, 0.29) is 5.70 Å². The summed E-state index contributed by atoms with van der Waals surface area (Å²) in [6.45, 7) is 3.77. The summed E-state index contributed by atoms with van der Waals surface area (Å²) >= 11 is 0. The van der Waals surface area contributed by atoms with Gasteiger partial charge in [-0.05, 0) is 13.0 Å². The molecule has 0 aliphatic heterocycles. The maximum Gasteiger partial charge on any atom is 0.243 e. The van der Waals surface area contributed by atoms with Gasteiger partial charge in [0.15, 0.2) is 11.5 Å². The van der Waals surface area contributed by atoms with Gasteiger partial charge in [0.25, 0.3) is 0 Å². The van der Waals surface area contributed by atoms with Crippen molar-refractivity contribution in [3.8, 4) is 17.2 Å². The van der Waals surface area contributed by atoms with Gasteiger partial charge in [0.2, 0.25) is 5.70 Å². The Kier molecular flexibility index (Phi) is 5.17. The Morgan fingerprint density at radius 2 is 1.89 bits per heavy atom. The monoisotopic (exact) mass is 267 g/mol. The van der Waals surface area contributed by atoms with Gasteiger partial charge in [-0.15, -0.1) is 0 Å². The first-order valence-electron chi connectivity index (χ1n) is 5.75. The average Bonchev–Trinajstić information content (AvgIpc) is 2.39. The van der Waals surface area contributed by atoms with Crippen LogP contribution in [0.2, 0.25) is 0 Å². The van der Waals surface area contributed by atoms with E-state index < -0.39 is 4.92 Å². The molecule has 0 saturated carbocycles. The van der Waals surface area contributed by atoms with Crippen LogP contribution in [-0.2, 0) is 0 Å². The number of benzene rings is 1. The van der Waals surface area contributed by atoms with E-state index >= 15 is 0 Å². The van der Waals surface area contributed by atoms with E-state index in [1.807, 2.05) is 6.92 Å². The van der Waals surface area contributed by atoms with E-state index in [0.29, 0.717) is 29.4 Å². The van der Waals surface area contributed by atoms with Crippen LogP contribution < -0.4 is 14.2 Å². The molecule has 1 aromatic carbocycles. The average molecular weight is 267 g/mol. The molecule has 0 atom stereocenters. The van der Waals surface area contributed by atoms with Crippen LogP contribution in [0.3, 0.4) is 0 Å². The van der Waals surface area contributed by atoms with Crippen LogP contribution in [0.5, 0.6) is 17.2 Å². The van der Waals surface area contributed by atoms with Crippen molar-refractivity contribution in [2.75, 3.05) is 20.8 Å². The van der Waals surface area contributed by atoms with Gasteiger partial charge in [0.05, 0.1) is 25.7 Å². The number of rotatable bonds is 6. The Hall–Kier alpha value is -2.24. The number of hydrogen-bond acceptors (Lipinski definition) is 5. The Bertz CT molecular complexity index is 496. The second-order valence-corrected chi connectivity index (χ2v) is 3.72. The van der Waals surface area contributed by atoms with Crippen molar-refractivity contribution in [1.29, 1.82) is 0 Å². The number of nitrogens with zero attached hydrogens (tertiary/aromatic N) is 1. The molecule has 0 aliphatic rings. The van der Waals surface area contributed by atoms with Crippen molar-refractivity contribution >= 4 is 6.08 Å². The summed E-state index contributed by atoms with van der Waals surface area (Å²) < 4.78 is 15.8. The van der Waals surface area contributed by atoms with E-state index in [1.165, 1.54) is 27.2 Å². The van der Waals surface area contributed by atoms with Crippen molar-refractivity contribution in [3.63, 3.8) is 0 Å². The lowest BCUT2D eigenvalue weighted by Gasteiger charge is -2.13. The summed E-state index contributed by atoms with van der Waals surface area (Å²) in [5.74, 6) is 1.54. The molecule has 1 rings (SSSR count). The first-order chi connectivity index (χ1) is 9.03. The molecule has 0 saturated heterocycles. The summed E-state index contributed by atoms with van der Waals surface area (Å²) in [5.41, 5.74) is 0.585. The zero-order chi connectivity index (χ0) is 14.4. The lowest BCUT2D eigenvalue weighted by molar-refractivity contribution is -0.422. The smallest absolute Gasteiger partial charge is 0.243 e. The minimum absolute atomic E-state index is 0.0181. The third-order valence-corrected chi connectivity index (χ3v) is 2.47. The molecule has 0 radical (unpaired) electrons. The molecule has 6 heteroatoms. The molecule has 104 valence electrons. The molecule has 0 aromatic heterocycles. The summed E-state index contributed by atoms with van der Waals surface area (Å²) in [4.78, 5) is 10.2. The Morgan fingerprint density at radius 3 is 2.37 bits per heavy atom. The minimum Gasteiger partial charge on any atom is -0.496 e. The largest absolute Gasteiger partial charge is 0.496 e. The van der Waals surface area contributed by atoms with Gasteiger partial charge < -0.3 is 14.2 Å². The number of methoxy groups -OCH3 is 2. The Balaban J connectivity index is 3.31. The van der Waals surface area contributed by atoms with E-state index in [2.05, 4.69) is 0 Å². The summed E-state index contributed by atoms with van der Waals surface area (Å²) in [7, 11) is 3.01. The van der Waals surface area contributed by atoms with Crippen LogP contribution in [0.1, 0.15) is 19.4 Å². The van der Waals surface area contributed by atoms with Gasteiger partial charge in [0, 0.05) is 24.6 Å². The standard InChI is InChI=1S/C13H17NO5/c1-5-19-13-8-11(17-3)10(7-12(13)18-4)6-9(2)14(15)16/h6-8H,5H2,1-4H3/b9-6-. The highest BCUT2D eigenvalue weighted by Gasteiger charge is 2.13. The normalized spacial score (nSPS) is 11.1. The van der Waals surface area contributed by atoms with E-state index in [9.17, 15) is 10.1 Å². The molecule has 1 aromatic rings. The van der Waals surface area contributed by atoms with Gasteiger partial charge in [-0.3, -0.25) is 10.1 Å². The zero-order valence-corrected chi connectivity index (χ0v) is 11.4. The van der Waals surface area contributed by atoms with Gasteiger partial charge in [-0.25, -0.2) is 0 Å². The second kappa shape index (κ2) is 6.63. The van der Waals surface area contributed by atoms with Crippen LogP contribution in [0.4, 0.5) is 0 Å². The van der Waals surface area contributed by atoms with Crippen LogP contribution in [0.15, 0.2) is 17.8 Å². The fraction of sp³-hybridized carbons (Fsp3) is 0.385. The third-order valence-electron chi connectivity index (χ3n) is 2.47. The zero-order valence-electron chi connectivity index (χ0n) is 11.4. The molecule has 0 heterocycles. The fourth-order valence-electron chi connectivity index (χ4n) is 1.55. The van der Waals surface area contributed by atoms with Crippen LogP contribution in [0, 0.1) is 10.1 Å². The van der Waals surface area contributed by atoms with Crippen LogP contribution in [0.25, 0.3) is 6.08 Å². The van der Waals surface area contributed by atoms with Gasteiger partial charge in [-0.1, -0.05) is 0 Å². The first-order valence-corrected chi connectivity index (χ1v) is 5.75. The lowest BCUT2D eigenvalue weighted by Crippen LogP contribution is -1.99. The SMILES string of the molecule is CCOc1cc(OC)c(/C=C(/C)[N+](=O)[O-])cc1OC. The molecule has 6 nitrogen and oxygen atoms in total. The molecule has 19 heavy (non-hydrogen) atoms. The van der Waals surface area contributed by atoms with E-state index in [4.69, 9.17) is 14.2 Å². The van der Waals surface area contributed by atoms with Crippen LogP contribution in [-0.4, -0.2) is 25.7 Å². The summed E-state index contributed by atoms with van der Waals surface area (Å²) in [5, 5.41) is 10.7. The molecular formula is C13H17NO5. The molecule has 0 unspecified atom stereocenters. The van der Waals surface area contributed by atoms with Crippen molar-refractivity contribution < 1.29 is 19.1 Å². The summed E-state index contributed by atoms with van der Waals surface area (Å²) in [6, 6.07) is 3.30. The highest BCUT2D eigenvalue weighted by molar-refractivity contribution is 5.64. The molecule has 0 N–H and O–H groups in total. The number of hydrogen-bond donors (Lipinski definition) is 0. The Morgan fingerprint density at radius 1 is 1.26 bits per heavy atom. The minimum atomic E-state index is -0.456. The predicted molar refractivity (Wildman–Crippen MR) is 71.4 cm³/mol. The summed E-state index contributed by atoms with van der Waals surface area (Å²) in [6.07, 6.45) is 1.43. The molecule has 0 fully saturated rings. The van der Waals surface area contributed by atoms with Gasteiger partial charge in [0.1, 0.15) is 5.75 Å². The van der Waals surface area contributed by atoms with E-state index in [1.54, 1.807) is 12.1 Å². The van der Waals surface area contributed by atoms with Crippen molar-refractivity contribution in [3.05, 3.63) is 33.5 Å². The lowest BCUT2D eigenvalue weighted by atomic mass is 10.1. The van der Waals surface area contributed by atoms with Crippen molar-refractivity contribution in [2.45, 2.75) is 13.8 Å². The first kappa shape index (κ1) is 14.8. The van der Waals surface area contributed by atoms with Gasteiger partial charge >= 0.3 is 0 Å². The van der Waals surface area contributed by atoms with E-state index in [0.717, 1.165) is 0 Å². The second-order valence-electron chi connectivity index (χ2n) is 3.72. The quantitative estimate of drug-likeness (QED) is 0.585. The molecule has 0 aliphatic carbocycles. The van der Waals surface area contributed by atoms with Crippen LogP contribution >= 0.6 is 0 Å². The number of ether oxygens (including phenoxy) is 3. The van der Waals surface area contributed by atoms with Crippen molar-refractivity contribution in [1.82, 2.24) is 0 Å². The maximum absolute atomic E-state index is 10.7. The number of nitro groups is 1. The predicted octanol–water partition coefficient (Wildman–Crippen LogP) is 2.74. The third kappa shape index (κ3) is 3.61. The maximum atomic E-state index is 10.7. The van der Waals surface area contributed by atoms with Gasteiger partial charge in [-0.2, -0.15) is 0 Å². The molecule has 0 spiro atoms.